The topological polar surface area (TPSA) is 140 Å². The number of carboxylic acids is 1. The van der Waals surface area contributed by atoms with Crippen molar-refractivity contribution in [2.75, 3.05) is 24.9 Å². The monoisotopic (exact) mass is 714 g/mol. The van der Waals surface area contributed by atoms with Crippen LogP contribution in [-0.4, -0.2) is 51.0 Å². The molecule has 2 atom stereocenters. The third-order valence-electron chi connectivity index (χ3n) is 9.20. The molecule has 3 N–H and O–H groups in total. The molecule has 3 aromatic heterocycles. The third-order valence-corrected chi connectivity index (χ3v) is 9.20. The van der Waals surface area contributed by atoms with Crippen LogP contribution in [0, 0.1) is 5.92 Å². The molecule has 0 bridgehead atoms. The lowest BCUT2D eigenvalue weighted by Gasteiger charge is -2.27. The number of nitrogens with zero attached hydrogens (tertiary/aromatic N) is 4. The summed E-state index contributed by atoms with van der Waals surface area (Å²) >= 11 is 0. The number of pyridine rings is 2. The first-order valence-electron chi connectivity index (χ1n) is 16.6. The SMILES string of the molecule is C=CCc1cnc(NCc2ccc(OC)cc2OC)c2c(-c3ccc(C(=O)Nc4cc(C(F)(F)F)ccn4)cc3)nn([C@@H]3CCC[C@@H](C(=O)O)C3)c12. The largest absolute Gasteiger partial charge is 0.497 e. The maximum atomic E-state index is 13.2. The number of anilines is 2. The molecule has 270 valence electrons. The number of methoxy groups -OCH3 is 2. The lowest BCUT2D eigenvalue weighted by molar-refractivity contribution is -0.143. The Balaban J connectivity index is 1.41. The summed E-state index contributed by atoms with van der Waals surface area (Å²) in [6, 6.07) is 13.4. The highest BCUT2D eigenvalue weighted by Crippen LogP contribution is 2.41. The number of fused-ring (bicyclic) bond motifs is 1. The van der Waals surface area contributed by atoms with E-state index in [1.807, 2.05) is 16.8 Å². The van der Waals surface area contributed by atoms with Gasteiger partial charge < -0.3 is 25.2 Å². The number of hydrogen-bond acceptors (Lipinski definition) is 8. The van der Waals surface area contributed by atoms with Crippen molar-refractivity contribution in [3.8, 4) is 22.8 Å². The summed E-state index contributed by atoms with van der Waals surface area (Å²) in [5, 5.41) is 21.6. The number of aliphatic carboxylic acids is 1. The van der Waals surface area contributed by atoms with Crippen molar-refractivity contribution in [2.45, 2.75) is 50.9 Å². The fourth-order valence-corrected chi connectivity index (χ4v) is 6.57. The van der Waals surface area contributed by atoms with Gasteiger partial charge in [0.1, 0.15) is 28.8 Å². The van der Waals surface area contributed by atoms with E-state index in [0.29, 0.717) is 59.8 Å². The molecule has 6 rings (SSSR count). The van der Waals surface area contributed by atoms with Crippen molar-refractivity contribution in [2.24, 2.45) is 5.92 Å². The maximum Gasteiger partial charge on any atom is 0.416 e. The number of allylic oxidation sites excluding steroid dienone is 1. The summed E-state index contributed by atoms with van der Waals surface area (Å²) in [6.45, 7) is 4.28. The summed E-state index contributed by atoms with van der Waals surface area (Å²) in [5.74, 6) is -0.404. The molecule has 52 heavy (non-hydrogen) atoms. The van der Waals surface area contributed by atoms with E-state index in [2.05, 4.69) is 22.2 Å². The fraction of sp³-hybridized carbons (Fsp3) is 0.289. The van der Waals surface area contributed by atoms with Crippen LogP contribution >= 0.6 is 0 Å². The zero-order chi connectivity index (χ0) is 37.0. The Kier molecular flexibility index (Phi) is 10.4. The molecular formula is C38H37F3N6O5. The van der Waals surface area contributed by atoms with Gasteiger partial charge in [-0.2, -0.15) is 18.3 Å². The Morgan fingerprint density at radius 2 is 1.83 bits per heavy atom. The molecule has 1 amide bonds. The first-order valence-corrected chi connectivity index (χ1v) is 16.6. The summed E-state index contributed by atoms with van der Waals surface area (Å²) in [4.78, 5) is 33.8. The lowest BCUT2D eigenvalue weighted by Crippen LogP contribution is -2.25. The molecule has 2 aromatic carbocycles. The van der Waals surface area contributed by atoms with E-state index in [4.69, 9.17) is 19.6 Å². The van der Waals surface area contributed by atoms with Crippen molar-refractivity contribution in [1.29, 1.82) is 0 Å². The number of benzene rings is 2. The van der Waals surface area contributed by atoms with Crippen molar-refractivity contribution < 1.29 is 37.3 Å². The van der Waals surface area contributed by atoms with E-state index >= 15 is 0 Å². The molecule has 1 aliphatic rings. The van der Waals surface area contributed by atoms with Gasteiger partial charge in [-0.25, -0.2) is 9.97 Å². The van der Waals surface area contributed by atoms with Crippen molar-refractivity contribution in [3.63, 3.8) is 0 Å². The highest BCUT2D eigenvalue weighted by molar-refractivity contribution is 6.05. The van der Waals surface area contributed by atoms with Gasteiger partial charge in [0.2, 0.25) is 0 Å². The number of alkyl halides is 3. The molecule has 1 aliphatic carbocycles. The van der Waals surface area contributed by atoms with Crippen LogP contribution in [-0.2, 0) is 23.9 Å². The number of rotatable bonds is 12. The molecule has 0 unspecified atom stereocenters. The standard InChI is InChI=1S/C38H37F3N6O5/c1-4-6-26-21-44-35(43-20-25-13-14-29(51-2)19-30(25)52-3)32-33(46-47(34(26)32)28-8-5-7-24(17-28)37(49)50)22-9-11-23(12-10-22)36(48)45-31-18-27(15-16-42-31)38(39,40)41/h4,9-16,18-19,21,24,28H,1,5-8,17,20H2,2-3H3,(H,43,44)(H,49,50)(H,42,45,48)/t24-,28-/m1/s1. The Labute approximate surface area is 297 Å². The van der Waals surface area contributed by atoms with Gasteiger partial charge in [-0.05, 0) is 62.1 Å². The second-order valence-electron chi connectivity index (χ2n) is 12.5. The summed E-state index contributed by atoms with van der Waals surface area (Å²) in [5.41, 5.74) is 2.97. The number of halogens is 3. The van der Waals surface area contributed by atoms with Crippen molar-refractivity contribution >= 4 is 34.4 Å². The quantitative estimate of drug-likeness (QED) is 0.110. The van der Waals surface area contributed by atoms with Crippen LogP contribution in [0.3, 0.4) is 0 Å². The first kappa shape index (κ1) is 35.9. The lowest BCUT2D eigenvalue weighted by atomic mass is 9.85. The fourth-order valence-electron chi connectivity index (χ4n) is 6.57. The summed E-state index contributed by atoms with van der Waals surface area (Å²) < 4.78 is 52.5. The number of carbonyl (C=O) groups excluding carboxylic acids is 1. The smallest absolute Gasteiger partial charge is 0.416 e. The molecule has 0 spiro atoms. The highest BCUT2D eigenvalue weighted by Gasteiger charge is 2.32. The molecule has 1 fully saturated rings. The van der Waals surface area contributed by atoms with Gasteiger partial charge in [-0.1, -0.05) is 24.6 Å². The van der Waals surface area contributed by atoms with Crippen LogP contribution in [0.5, 0.6) is 11.5 Å². The Morgan fingerprint density at radius 3 is 2.52 bits per heavy atom. The molecule has 5 aromatic rings. The average Bonchev–Trinajstić information content (AvgIpc) is 3.56. The van der Waals surface area contributed by atoms with Crippen LogP contribution in [0.1, 0.15) is 58.8 Å². The molecule has 1 saturated carbocycles. The van der Waals surface area contributed by atoms with E-state index in [1.165, 1.54) is 0 Å². The van der Waals surface area contributed by atoms with E-state index < -0.39 is 29.5 Å². The molecule has 0 saturated heterocycles. The van der Waals surface area contributed by atoms with Crippen LogP contribution in [0.25, 0.3) is 22.2 Å². The van der Waals surface area contributed by atoms with Crippen LogP contribution in [0.4, 0.5) is 24.8 Å². The second kappa shape index (κ2) is 15.1. The molecule has 0 radical (unpaired) electrons. The van der Waals surface area contributed by atoms with Crippen LogP contribution in [0.15, 0.2) is 79.6 Å². The van der Waals surface area contributed by atoms with Gasteiger partial charge in [0.05, 0.1) is 42.6 Å². The number of aromatic nitrogens is 4. The molecule has 3 heterocycles. The third kappa shape index (κ3) is 7.55. The highest BCUT2D eigenvalue weighted by atomic mass is 19.4. The van der Waals surface area contributed by atoms with Crippen molar-refractivity contribution in [1.82, 2.24) is 19.7 Å². The number of ether oxygens (including phenoxy) is 2. The zero-order valence-electron chi connectivity index (χ0n) is 28.5. The second-order valence-corrected chi connectivity index (χ2v) is 12.5. The minimum absolute atomic E-state index is 0.193. The zero-order valence-corrected chi connectivity index (χ0v) is 28.5. The normalized spacial score (nSPS) is 15.9. The predicted octanol–water partition coefficient (Wildman–Crippen LogP) is 7.94. The summed E-state index contributed by atoms with van der Waals surface area (Å²) in [7, 11) is 3.16. The number of carboxylic acid groups (broad SMARTS) is 1. The minimum Gasteiger partial charge on any atom is -0.497 e. The number of amides is 1. The van der Waals surface area contributed by atoms with E-state index in [-0.39, 0.29) is 17.4 Å². The maximum absolute atomic E-state index is 13.2. The molecular weight excluding hydrogens is 677 g/mol. The Hall–Kier alpha value is -5.92. The number of nitrogens with one attached hydrogen (secondary N) is 2. The van der Waals surface area contributed by atoms with E-state index in [9.17, 15) is 27.9 Å². The van der Waals surface area contributed by atoms with Crippen LogP contribution in [0.2, 0.25) is 0 Å². The predicted molar refractivity (Wildman–Crippen MR) is 190 cm³/mol. The van der Waals surface area contributed by atoms with Gasteiger partial charge in [0, 0.05) is 47.3 Å². The first-order chi connectivity index (χ1) is 25.0. The number of hydrogen-bond donors (Lipinski definition) is 3. The minimum atomic E-state index is -4.59. The molecule has 14 heteroatoms. The van der Waals surface area contributed by atoms with Gasteiger partial charge in [-0.15, -0.1) is 6.58 Å². The number of carbonyl (C=O) groups is 2. The molecule has 11 nitrogen and oxygen atoms in total. The van der Waals surface area contributed by atoms with Gasteiger partial charge in [-0.3, -0.25) is 14.3 Å². The van der Waals surface area contributed by atoms with Gasteiger partial charge in [0.25, 0.3) is 5.91 Å². The molecule has 0 aliphatic heterocycles. The van der Waals surface area contributed by atoms with E-state index in [1.54, 1.807) is 56.8 Å². The Bertz CT molecular complexity index is 2120. The summed E-state index contributed by atoms with van der Waals surface area (Å²) in [6.07, 6.45) is 2.90. The van der Waals surface area contributed by atoms with E-state index in [0.717, 1.165) is 47.8 Å². The van der Waals surface area contributed by atoms with Gasteiger partial charge >= 0.3 is 12.1 Å². The Morgan fingerprint density at radius 1 is 1.04 bits per heavy atom. The van der Waals surface area contributed by atoms with Crippen LogP contribution < -0.4 is 20.1 Å². The van der Waals surface area contributed by atoms with Crippen molar-refractivity contribution in [3.05, 3.63) is 102 Å². The average molecular weight is 715 g/mol. The van der Waals surface area contributed by atoms with Gasteiger partial charge in [0.15, 0.2) is 0 Å².